The highest BCUT2D eigenvalue weighted by Gasteiger charge is 2.60. The van der Waals surface area contributed by atoms with Crippen molar-refractivity contribution in [3.05, 3.63) is 0 Å². The molecule has 5 N–H and O–H groups in total. The molecule has 8 nitrogen and oxygen atoms in total. The van der Waals surface area contributed by atoms with Gasteiger partial charge in [-0.1, -0.05) is 27.2 Å². The largest absolute Gasteiger partial charge is 0.454 e. The lowest BCUT2D eigenvalue weighted by atomic mass is 9.44. The monoisotopic (exact) mass is 512 g/mol. The summed E-state index contributed by atoms with van der Waals surface area (Å²) in [6.07, 6.45) is 7.15. The highest BCUT2D eigenvalue weighted by molar-refractivity contribution is 7.86. The Bertz CT molecular complexity index is 894. The summed E-state index contributed by atoms with van der Waals surface area (Å²) in [5.41, 5.74) is 12.0. The van der Waals surface area contributed by atoms with Crippen molar-refractivity contribution in [3.63, 3.8) is 0 Å². The molecule has 1 saturated heterocycles. The van der Waals surface area contributed by atoms with E-state index in [9.17, 15) is 13.4 Å². The Morgan fingerprint density at radius 1 is 1.20 bits per heavy atom. The first kappa shape index (κ1) is 27.8. The molecule has 5 rings (SSSR count). The molecule has 0 radical (unpaired) electrons. The van der Waals surface area contributed by atoms with Gasteiger partial charge in [0.25, 0.3) is 10.2 Å². The molecule has 5 aliphatic rings. The maximum Gasteiger partial charge on any atom is 0.454 e. The second-order valence-corrected chi connectivity index (χ2v) is 15.2. The third-order valence-corrected chi connectivity index (χ3v) is 12.6. The molecule has 0 aromatic carbocycles. The van der Waals surface area contributed by atoms with Gasteiger partial charge in [0.05, 0.1) is 5.60 Å². The van der Waals surface area contributed by atoms with Crippen molar-refractivity contribution < 1.29 is 18.1 Å². The normalized spacial score (nSPS) is 38.9. The lowest BCUT2D eigenvalue weighted by molar-refractivity contribution is -0.186. The van der Waals surface area contributed by atoms with Gasteiger partial charge < -0.3 is 21.1 Å². The molecule has 0 aromatic heterocycles. The number of nitrogens with zero attached hydrogens (tertiary/aromatic N) is 2. The molecular formula is C25H49BN4O4S. The van der Waals surface area contributed by atoms with Gasteiger partial charge in [-0.25, -0.2) is 0 Å². The van der Waals surface area contributed by atoms with E-state index < -0.39 is 28.4 Å². The van der Waals surface area contributed by atoms with Crippen molar-refractivity contribution in [1.29, 1.82) is 0 Å². The zero-order valence-electron chi connectivity index (χ0n) is 22.8. The fourth-order valence-electron chi connectivity index (χ4n) is 7.49. The van der Waals surface area contributed by atoms with Crippen molar-refractivity contribution in [2.75, 3.05) is 19.6 Å². The molecule has 4 saturated carbocycles. The van der Waals surface area contributed by atoms with E-state index in [0.717, 1.165) is 38.0 Å². The molecule has 6 atom stereocenters. The third kappa shape index (κ3) is 4.98. The average molecular weight is 513 g/mol. The van der Waals surface area contributed by atoms with E-state index >= 15 is 0 Å². The third-order valence-electron chi connectivity index (χ3n) is 10.5. The summed E-state index contributed by atoms with van der Waals surface area (Å²) in [6, 6.07) is -0.232. The van der Waals surface area contributed by atoms with Crippen LogP contribution in [-0.2, 0) is 14.9 Å². The number of hydrogen-bond donors (Lipinski definition) is 3. The van der Waals surface area contributed by atoms with Crippen molar-refractivity contribution >= 4 is 17.3 Å². The van der Waals surface area contributed by atoms with Crippen molar-refractivity contribution in [2.45, 2.75) is 116 Å². The van der Waals surface area contributed by atoms with E-state index in [2.05, 4.69) is 20.8 Å². The number of nitrogens with two attached hydrogens (primary N) is 2. The van der Waals surface area contributed by atoms with E-state index in [1.165, 1.54) is 12.8 Å². The predicted molar refractivity (Wildman–Crippen MR) is 141 cm³/mol. The van der Waals surface area contributed by atoms with Gasteiger partial charge in [-0.3, -0.25) is 0 Å². The Morgan fingerprint density at radius 2 is 1.86 bits per heavy atom. The van der Waals surface area contributed by atoms with Crippen LogP contribution in [-0.4, -0.2) is 71.5 Å². The summed E-state index contributed by atoms with van der Waals surface area (Å²) < 4.78 is 36.4. The van der Waals surface area contributed by atoms with Gasteiger partial charge in [0.1, 0.15) is 0 Å². The van der Waals surface area contributed by atoms with Crippen molar-refractivity contribution in [3.8, 4) is 0 Å². The molecule has 4 aliphatic carbocycles. The molecule has 0 spiro atoms. The maximum atomic E-state index is 13.5. The Kier molecular flexibility index (Phi) is 7.31. The Labute approximate surface area is 213 Å². The summed E-state index contributed by atoms with van der Waals surface area (Å²) in [4.78, 5) is 0. The number of likely N-dealkylation sites (N-methyl/N-ethyl adjacent to an activating group) is 1. The van der Waals surface area contributed by atoms with Crippen LogP contribution in [0, 0.1) is 23.2 Å². The van der Waals surface area contributed by atoms with Crippen molar-refractivity contribution in [1.82, 2.24) is 8.61 Å². The lowest BCUT2D eigenvalue weighted by Crippen LogP contribution is -2.62. The summed E-state index contributed by atoms with van der Waals surface area (Å²) in [6.45, 7) is 13.7. The molecule has 202 valence electrons. The van der Waals surface area contributed by atoms with Gasteiger partial charge in [0.15, 0.2) is 0 Å². The van der Waals surface area contributed by atoms with Crippen LogP contribution in [0.1, 0.15) is 86.5 Å². The zero-order chi connectivity index (χ0) is 26.0. The van der Waals surface area contributed by atoms with Gasteiger partial charge in [0.2, 0.25) is 0 Å². The van der Waals surface area contributed by atoms with Crippen LogP contribution in [0.3, 0.4) is 0 Å². The molecule has 1 aliphatic heterocycles. The van der Waals surface area contributed by atoms with Crippen LogP contribution < -0.4 is 11.5 Å². The first-order valence-electron chi connectivity index (χ1n) is 13.8. The van der Waals surface area contributed by atoms with Crippen LogP contribution in [0.4, 0.5) is 0 Å². The van der Waals surface area contributed by atoms with Gasteiger partial charge in [0, 0.05) is 36.8 Å². The van der Waals surface area contributed by atoms with Gasteiger partial charge in [-0.05, 0) is 88.8 Å². The molecule has 0 aromatic rings. The lowest BCUT2D eigenvalue weighted by Gasteiger charge is -2.64. The topological polar surface area (TPSA) is 122 Å². The fraction of sp³-hybridized carbons (Fsp3) is 1.00. The molecule has 2 bridgehead atoms. The molecule has 35 heavy (non-hydrogen) atoms. The number of hydrogen-bond acceptors (Lipinski definition) is 6. The van der Waals surface area contributed by atoms with Gasteiger partial charge in [-0.15, -0.1) is 0 Å². The summed E-state index contributed by atoms with van der Waals surface area (Å²) in [5.74, 6) is 1.32. The van der Waals surface area contributed by atoms with E-state index in [0.29, 0.717) is 37.3 Å². The minimum atomic E-state index is -3.65. The minimum Gasteiger partial charge on any atom is -0.427 e. The molecule has 1 heterocycles. The van der Waals surface area contributed by atoms with E-state index in [1.807, 2.05) is 20.8 Å². The van der Waals surface area contributed by atoms with Gasteiger partial charge >= 0.3 is 7.12 Å². The molecule has 0 unspecified atom stereocenters. The summed E-state index contributed by atoms with van der Waals surface area (Å²) in [7, 11) is -4.44. The van der Waals surface area contributed by atoms with Crippen LogP contribution in [0.5, 0.6) is 0 Å². The van der Waals surface area contributed by atoms with Crippen LogP contribution in [0.15, 0.2) is 0 Å². The first-order chi connectivity index (χ1) is 16.1. The van der Waals surface area contributed by atoms with E-state index in [4.69, 9.17) is 16.1 Å². The standard InChI is InChI=1S/C25H49BN4O4S/c1-7-30(18(2)25(28)12-13-25)35(32,33)29-16-20(23(5,27)17-29)9-8-14-26(31)34-24(6)11-10-19-15-21(24)22(19,3)4/h18-21,31H,7-17,27-28H2,1-6H3/t18-,19+,20+,21-,23+,24+/m1/s1. The Hall–Kier alpha value is -0.225. The summed E-state index contributed by atoms with van der Waals surface area (Å²) >= 11 is 0. The van der Waals surface area contributed by atoms with E-state index in [-0.39, 0.29) is 17.6 Å². The minimum absolute atomic E-state index is 0.0304. The second-order valence-electron chi connectivity index (χ2n) is 13.3. The van der Waals surface area contributed by atoms with Crippen molar-refractivity contribution in [2.24, 2.45) is 34.6 Å². The maximum absolute atomic E-state index is 13.5. The molecular weight excluding hydrogens is 463 g/mol. The van der Waals surface area contributed by atoms with Crippen LogP contribution in [0.25, 0.3) is 0 Å². The second kappa shape index (κ2) is 9.21. The SMILES string of the molecule is CCN([C@H](C)C1(N)CC1)S(=O)(=O)N1C[C@H](CCCB(O)O[C@@]2(C)CC[C@H]3C[C@@H]2C3(C)C)[C@@](C)(N)C1. The summed E-state index contributed by atoms with van der Waals surface area (Å²) in [5, 5.41) is 10.7. The number of rotatable bonds is 11. The Morgan fingerprint density at radius 3 is 2.40 bits per heavy atom. The first-order valence-corrected chi connectivity index (χ1v) is 15.2. The quantitative estimate of drug-likeness (QED) is 0.366. The number of fused-ring (bicyclic) bond motifs is 2. The highest BCUT2D eigenvalue weighted by Crippen LogP contribution is 2.63. The average Bonchev–Trinajstić information content (AvgIpc) is 3.42. The Balaban J connectivity index is 1.30. The predicted octanol–water partition coefficient (Wildman–Crippen LogP) is 2.57. The zero-order valence-corrected chi connectivity index (χ0v) is 23.6. The molecule has 0 amide bonds. The fourth-order valence-corrected chi connectivity index (χ4v) is 9.53. The smallest absolute Gasteiger partial charge is 0.427 e. The van der Waals surface area contributed by atoms with Crippen LogP contribution in [0.2, 0.25) is 6.32 Å². The van der Waals surface area contributed by atoms with E-state index in [1.54, 1.807) is 8.61 Å². The molecule has 5 fully saturated rings. The molecule has 10 heteroatoms. The highest BCUT2D eigenvalue weighted by atomic mass is 32.2. The van der Waals surface area contributed by atoms with Gasteiger partial charge in [-0.2, -0.15) is 17.0 Å². The van der Waals surface area contributed by atoms with Crippen LogP contribution >= 0.6 is 0 Å².